The molecule has 5 nitrogen and oxygen atoms in total. The molecule has 3 aromatic rings. The van der Waals surface area contributed by atoms with Crippen LogP contribution in [0, 0.1) is 0 Å². The van der Waals surface area contributed by atoms with E-state index >= 15 is 0 Å². The fraction of sp³-hybridized carbons (Fsp3) is 0.333. The van der Waals surface area contributed by atoms with Crippen LogP contribution in [0.1, 0.15) is 37.1 Å². The highest BCUT2D eigenvalue weighted by Crippen LogP contribution is 2.18. The molecule has 0 radical (unpaired) electrons. The van der Waals surface area contributed by atoms with Crippen molar-refractivity contribution in [2.24, 2.45) is 0 Å². The van der Waals surface area contributed by atoms with Gasteiger partial charge in [0.1, 0.15) is 0 Å². The summed E-state index contributed by atoms with van der Waals surface area (Å²) in [5.41, 5.74) is 3.07. The number of hydrogen-bond donors (Lipinski definition) is 2. The van der Waals surface area contributed by atoms with Crippen molar-refractivity contribution < 1.29 is 5.11 Å². The maximum Gasteiger partial charge on any atom is 0.157 e. The smallest absolute Gasteiger partial charge is 0.157 e. The topological polar surface area (TPSA) is 63.0 Å². The molecule has 3 rings (SSSR count). The summed E-state index contributed by atoms with van der Waals surface area (Å²) < 4.78 is 1.92. The summed E-state index contributed by atoms with van der Waals surface area (Å²) in [5.74, 6) is 0. The maximum atomic E-state index is 9.60. The van der Waals surface area contributed by atoms with Crippen molar-refractivity contribution in [3.63, 3.8) is 0 Å². The van der Waals surface area contributed by atoms with Gasteiger partial charge in [0.25, 0.3) is 0 Å². The number of rotatable bonds is 6. The lowest BCUT2D eigenvalue weighted by atomic mass is 10.1. The van der Waals surface area contributed by atoms with Crippen molar-refractivity contribution in [1.29, 1.82) is 0 Å². The fourth-order valence-electron chi connectivity index (χ4n) is 2.67. The number of benzene rings is 1. The Kier molecular flexibility index (Phi) is 4.69. The minimum absolute atomic E-state index is 0.0605. The highest BCUT2D eigenvalue weighted by molar-refractivity contribution is 5.75. The standard InChI is InChI=1S/C18H22N4O/c1-13(2)22-18-16(11-21-22)8-14(10-20-18)9-19-17(12-23)15-6-4-3-5-7-15/h3-8,10-11,13,17,19,23H,9,12H2,1-2H3/t17-/m1/s1. The summed E-state index contributed by atoms with van der Waals surface area (Å²) >= 11 is 0. The van der Waals surface area contributed by atoms with Gasteiger partial charge in [0.05, 0.1) is 18.8 Å². The van der Waals surface area contributed by atoms with Crippen molar-refractivity contribution in [3.05, 3.63) is 59.9 Å². The number of aliphatic hydroxyl groups excluding tert-OH is 1. The molecule has 2 N–H and O–H groups in total. The molecule has 0 amide bonds. The normalized spacial score (nSPS) is 12.9. The number of fused-ring (bicyclic) bond motifs is 1. The molecule has 1 atom stereocenters. The maximum absolute atomic E-state index is 9.60. The quantitative estimate of drug-likeness (QED) is 0.735. The number of nitrogens with one attached hydrogen (secondary N) is 1. The molecule has 120 valence electrons. The summed E-state index contributed by atoms with van der Waals surface area (Å²) in [7, 11) is 0. The van der Waals surface area contributed by atoms with Crippen LogP contribution in [0.25, 0.3) is 11.0 Å². The van der Waals surface area contributed by atoms with Crippen molar-refractivity contribution in [3.8, 4) is 0 Å². The molecule has 0 aliphatic carbocycles. The second kappa shape index (κ2) is 6.89. The number of nitrogens with zero attached hydrogens (tertiary/aromatic N) is 3. The van der Waals surface area contributed by atoms with Crippen LogP contribution < -0.4 is 5.32 Å². The summed E-state index contributed by atoms with van der Waals surface area (Å²) in [4.78, 5) is 4.54. The van der Waals surface area contributed by atoms with Gasteiger partial charge in [-0.25, -0.2) is 9.67 Å². The Morgan fingerprint density at radius 3 is 2.65 bits per heavy atom. The van der Waals surface area contributed by atoms with Crippen molar-refractivity contribution in [2.75, 3.05) is 6.61 Å². The number of aromatic nitrogens is 3. The molecule has 0 unspecified atom stereocenters. The molecule has 0 saturated heterocycles. The van der Waals surface area contributed by atoms with Crippen LogP contribution in [0.5, 0.6) is 0 Å². The van der Waals surface area contributed by atoms with Gasteiger partial charge < -0.3 is 10.4 Å². The van der Waals surface area contributed by atoms with Gasteiger partial charge >= 0.3 is 0 Å². The molecule has 0 bridgehead atoms. The first-order valence-corrected chi connectivity index (χ1v) is 7.90. The first-order valence-electron chi connectivity index (χ1n) is 7.90. The number of hydrogen-bond acceptors (Lipinski definition) is 4. The predicted molar refractivity (Wildman–Crippen MR) is 91.0 cm³/mol. The van der Waals surface area contributed by atoms with Crippen LogP contribution in [0.15, 0.2) is 48.8 Å². The molecule has 0 fully saturated rings. The van der Waals surface area contributed by atoms with E-state index < -0.39 is 0 Å². The molecule has 23 heavy (non-hydrogen) atoms. The molecule has 5 heteroatoms. The van der Waals surface area contributed by atoms with Crippen LogP contribution >= 0.6 is 0 Å². The minimum Gasteiger partial charge on any atom is -0.394 e. The Morgan fingerprint density at radius 1 is 1.17 bits per heavy atom. The summed E-state index contributed by atoms with van der Waals surface area (Å²) in [5, 5.41) is 18.4. The van der Waals surface area contributed by atoms with Crippen LogP contribution in [-0.4, -0.2) is 26.5 Å². The summed E-state index contributed by atoms with van der Waals surface area (Å²) in [6.07, 6.45) is 3.72. The second-order valence-electron chi connectivity index (χ2n) is 5.97. The average molecular weight is 310 g/mol. The lowest BCUT2D eigenvalue weighted by Gasteiger charge is -2.16. The van der Waals surface area contributed by atoms with E-state index in [2.05, 4.69) is 35.3 Å². The SMILES string of the molecule is CC(C)n1ncc2cc(CN[C@H](CO)c3ccccc3)cnc21. The number of aliphatic hydroxyl groups is 1. The van der Waals surface area contributed by atoms with Crippen molar-refractivity contribution in [2.45, 2.75) is 32.5 Å². The van der Waals surface area contributed by atoms with Gasteiger partial charge in [-0.15, -0.1) is 0 Å². The molecule has 0 spiro atoms. The van der Waals surface area contributed by atoms with E-state index in [0.717, 1.165) is 22.2 Å². The largest absolute Gasteiger partial charge is 0.394 e. The highest BCUT2D eigenvalue weighted by atomic mass is 16.3. The third-order valence-corrected chi connectivity index (χ3v) is 3.92. The van der Waals surface area contributed by atoms with Crippen LogP contribution in [0.4, 0.5) is 0 Å². The number of pyridine rings is 1. The molecule has 0 saturated carbocycles. The molecule has 2 heterocycles. The molecule has 0 aliphatic heterocycles. The van der Waals surface area contributed by atoms with Crippen LogP contribution in [-0.2, 0) is 6.54 Å². The zero-order valence-electron chi connectivity index (χ0n) is 13.5. The zero-order chi connectivity index (χ0) is 16.2. The van der Waals surface area contributed by atoms with Gasteiger partial charge in [0.15, 0.2) is 5.65 Å². The van der Waals surface area contributed by atoms with E-state index in [4.69, 9.17) is 0 Å². The molecular formula is C18H22N4O. The van der Waals surface area contributed by atoms with E-state index in [9.17, 15) is 5.11 Å². The summed E-state index contributed by atoms with van der Waals surface area (Å²) in [6.45, 7) is 4.89. The van der Waals surface area contributed by atoms with E-state index in [1.165, 1.54) is 0 Å². The Morgan fingerprint density at radius 2 is 1.96 bits per heavy atom. The second-order valence-corrected chi connectivity index (χ2v) is 5.97. The van der Waals surface area contributed by atoms with E-state index in [1.54, 1.807) is 0 Å². The monoisotopic (exact) mass is 310 g/mol. The molecular weight excluding hydrogens is 288 g/mol. The highest BCUT2D eigenvalue weighted by Gasteiger charge is 2.11. The van der Waals surface area contributed by atoms with Gasteiger partial charge in [0.2, 0.25) is 0 Å². The van der Waals surface area contributed by atoms with Gasteiger partial charge in [-0.1, -0.05) is 30.3 Å². The first-order chi connectivity index (χ1) is 11.2. The first kappa shape index (κ1) is 15.6. The lowest BCUT2D eigenvalue weighted by Crippen LogP contribution is -2.24. The Labute approximate surface area is 136 Å². The zero-order valence-corrected chi connectivity index (χ0v) is 13.5. The Balaban J connectivity index is 1.74. The predicted octanol–water partition coefficient (Wildman–Crippen LogP) is 2.84. The van der Waals surface area contributed by atoms with Gasteiger partial charge in [-0.05, 0) is 31.0 Å². The van der Waals surface area contributed by atoms with E-state index in [1.807, 2.05) is 47.4 Å². The van der Waals surface area contributed by atoms with Crippen LogP contribution in [0.2, 0.25) is 0 Å². The third-order valence-electron chi connectivity index (χ3n) is 3.92. The van der Waals surface area contributed by atoms with Crippen molar-refractivity contribution in [1.82, 2.24) is 20.1 Å². The van der Waals surface area contributed by atoms with Gasteiger partial charge in [-0.2, -0.15) is 5.10 Å². The third kappa shape index (κ3) is 3.41. The van der Waals surface area contributed by atoms with Gasteiger partial charge in [0, 0.05) is 24.2 Å². The van der Waals surface area contributed by atoms with E-state index in [-0.39, 0.29) is 12.6 Å². The molecule has 1 aromatic carbocycles. The van der Waals surface area contributed by atoms with Gasteiger partial charge in [-0.3, -0.25) is 0 Å². The average Bonchev–Trinajstić information content (AvgIpc) is 3.00. The van der Waals surface area contributed by atoms with Crippen molar-refractivity contribution >= 4 is 11.0 Å². The molecule has 2 aromatic heterocycles. The Hall–Kier alpha value is -2.24. The Bertz CT molecular complexity index is 767. The van der Waals surface area contributed by atoms with E-state index in [0.29, 0.717) is 12.6 Å². The lowest BCUT2D eigenvalue weighted by molar-refractivity contribution is 0.243. The fourth-order valence-corrected chi connectivity index (χ4v) is 2.67. The molecule has 0 aliphatic rings. The van der Waals surface area contributed by atoms with Crippen LogP contribution in [0.3, 0.4) is 0 Å². The summed E-state index contributed by atoms with van der Waals surface area (Å²) in [6, 6.07) is 12.3. The minimum atomic E-state index is -0.0784.